The molecule has 0 amide bonds. The summed E-state index contributed by atoms with van der Waals surface area (Å²) in [5, 5.41) is 0. The van der Waals surface area contributed by atoms with Crippen LogP contribution >= 0.6 is 0 Å². The highest BCUT2D eigenvalue weighted by Gasteiger charge is 2.08. The van der Waals surface area contributed by atoms with E-state index in [1.54, 1.807) is 0 Å². The molecule has 0 N–H and O–H groups in total. The summed E-state index contributed by atoms with van der Waals surface area (Å²) in [7, 11) is 0. The zero-order valence-electron chi connectivity index (χ0n) is 12.5. The van der Waals surface area contributed by atoms with Crippen molar-refractivity contribution in [3.8, 4) is 12.0 Å². The van der Waals surface area contributed by atoms with Gasteiger partial charge in [-0.05, 0) is 43.1 Å². The number of hydrogen-bond donors (Lipinski definition) is 0. The Balaban J connectivity index is 2.00. The van der Waals surface area contributed by atoms with Gasteiger partial charge in [-0.15, -0.1) is 0 Å². The van der Waals surface area contributed by atoms with Crippen molar-refractivity contribution in [2.75, 3.05) is 13.1 Å². The number of piperidine rings is 1. The molecule has 1 aliphatic rings. The summed E-state index contributed by atoms with van der Waals surface area (Å²) in [6.45, 7) is 6.36. The topological polar surface area (TPSA) is 20.3 Å². The molecule has 106 valence electrons. The molecule has 1 aromatic carbocycles. The van der Waals surface area contributed by atoms with Crippen molar-refractivity contribution in [1.29, 1.82) is 0 Å². The molecule has 1 unspecified atom stereocenters. The normalized spacial score (nSPS) is 16.2. The molecule has 0 aromatic heterocycles. The summed E-state index contributed by atoms with van der Waals surface area (Å²) in [6.07, 6.45) is 4.77. The van der Waals surface area contributed by atoms with E-state index < -0.39 is 0 Å². The molecule has 1 aliphatic heterocycles. The minimum Gasteiger partial charge on any atom is -0.332 e. The van der Waals surface area contributed by atoms with Crippen LogP contribution < -0.4 is 0 Å². The van der Waals surface area contributed by atoms with Crippen molar-refractivity contribution in [3.63, 3.8) is 0 Å². The molecule has 0 spiro atoms. The summed E-state index contributed by atoms with van der Waals surface area (Å²) in [6, 6.07) is 10.9. The molecular formula is C18H23NO. The lowest BCUT2D eigenvalue weighted by Crippen LogP contribution is -2.24. The molecule has 2 rings (SSSR count). The summed E-state index contributed by atoms with van der Waals surface area (Å²) in [5.41, 5.74) is 1.98. The number of likely N-dealkylation sites (tertiary alicyclic amines) is 1. The first-order valence-corrected chi connectivity index (χ1v) is 7.61. The maximum atomic E-state index is 12.0. The third-order valence-corrected chi connectivity index (χ3v) is 4.04. The quantitative estimate of drug-likeness (QED) is 0.614. The van der Waals surface area contributed by atoms with Crippen molar-refractivity contribution >= 4 is 5.78 Å². The number of Topliss-reactive ketones (excluding diaryl/α,β-unsaturated/α-hetero) is 1. The number of benzene rings is 1. The molecule has 20 heavy (non-hydrogen) atoms. The Morgan fingerprint density at radius 2 is 1.85 bits per heavy atom. The van der Waals surface area contributed by atoms with Gasteiger partial charge in [-0.1, -0.05) is 38.1 Å². The number of hydrogen-bond acceptors (Lipinski definition) is 2. The van der Waals surface area contributed by atoms with E-state index in [-0.39, 0.29) is 5.78 Å². The smallest absolute Gasteiger partial charge is 0.237 e. The maximum Gasteiger partial charge on any atom is 0.237 e. The standard InChI is InChI=1S/C18H23NO/c1-3-15(2)16-7-9-17(10-8-16)18(20)11-14-19-12-5-4-6-13-19/h7-10,15H,3-6,12-13H2,1-2H3. The number of nitrogens with zero attached hydrogens (tertiary/aromatic N) is 1. The monoisotopic (exact) mass is 269 g/mol. The van der Waals surface area contributed by atoms with Crippen molar-refractivity contribution in [2.24, 2.45) is 0 Å². The predicted octanol–water partition coefficient (Wildman–Crippen LogP) is 3.83. The molecule has 1 atom stereocenters. The van der Waals surface area contributed by atoms with Crippen LogP contribution in [-0.4, -0.2) is 23.8 Å². The third-order valence-electron chi connectivity index (χ3n) is 4.04. The van der Waals surface area contributed by atoms with Crippen LogP contribution in [0.2, 0.25) is 0 Å². The molecule has 2 heteroatoms. The van der Waals surface area contributed by atoms with Crippen molar-refractivity contribution in [2.45, 2.75) is 45.4 Å². The van der Waals surface area contributed by atoms with E-state index in [4.69, 9.17) is 0 Å². The Labute approximate surface area is 122 Å². The highest BCUT2D eigenvalue weighted by Crippen LogP contribution is 2.18. The first-order valence-electron chi connectivity index (χ1n) is 7.61. The van der Waals surface area contributed by atoms with Gasteiger partial charge in [0.25, 0.3) is 0 Å². The Kier molecular flexibility index (Phi) is 5.24. The number of carbonyl (C=O) groups excluding carboxylic acids is 1. The second-order valence-electron chi connectivity index (χ2n) is 5.54. The lowest BCUT2D eigenvalue weighted by atomic mass is 9.97. The Morgan fingerprint density at radius 1 is 1.20 bits per heavy atom. The SMILES string of the molecule is CCC(C)c1ccc(C(=O)C#CN2CCCCC2)cc1. The van der Waals surface area contributed by atoms with Crippen molar-refractivity contribution in [1.82, 2.24) is 4.90 Å². The molecule has 2 nitrogen and oxygen atoms in total. The van der Waals surface area contributed by atoms with Gasteiger partial charge in [-0.25, -0.2) is 0 Å². The highest BCUT2D eigenvalue weighted by atomic mass is 16.1. The minimum atomic E-state index is -0.0775. The fraction of sp³-hybridized carbons (Fsp3) is 0.500. The van der Waals surface area contributed by atoms with Crippen LogP contribution in [0.5, 0.6) is 0 Å². The minimum absolute atomic E-state index is 0.0775. The predicted molar refractivity (Wildman–Crippen MR) is 82.7 cm³/mol. The van der Waals surface area contributed by atoms with E-state index in [2.05, 4.69) is 30.7 Å². The third kappa shape index (κ3) is 3.87. The number of carbonyl (C=O) groups is 1. The van der Waals surface area contributed by atoms with E-state index in [0.29, 0.717) is 11.5 Å². The zero-order valence-corrected chi connectivity index (χ0v) is 12.5. The Bertz CT molecular complexity index is 500. The van der Waals surface area contributed by atoms with Gasteiger partial charge >= 0.3 is 0 Å². The van der Waals surface area contributed by atoms with E-state index in [9.17, 15) is 4.79 Å². The first kappa shape index (κ1) is 14.7. The van der Waals surface area contributed by atoms with Gasteiger partial charge in [-0.3, -0.25) is 4.79 Å². The van der Waals surface area contributed by atoms with Crippen LogP contribution in [-0.2, 0) is 0 Å². The van der Waals surface area contributed by atoms with Gasteiger partial charge in [0.1, 0.15) is 0 Å². The summed E-state index contributed by atoms with van der Waals surface area (Å²) in [5.74, 6) is 3.23. The molecule has 0 radical (unpaired) electrons. The summed E-state index contributed by atoms with van der Waals surface area (Å²) < 4.78 is 0. The Morgan fingerprint density at radius 3 is 2.45 bits per heavy atom. The highest BCUT2D eigenvalue weighted by molar-refractivity contribution is 6.08. The number of rotatable bonds is 3. The van der Waals surface area contributed by atoms with Crippen LogP contribution in [0.1, 0.15) is 61.4 Å². The lowest BCUT2D eigenvalue weighted by Gasteiger charge is -2.21. The van der Waals surface area contributed by atoms with Crippen molar-refractivity contribution in [3.05, 3.63) is 35.4 Å². The van der Waals surface area contributed by atoms with Gasteiger partial charge in [0.15, 0.2) is 0 Å². The first-order chi connectivity index (χ1) is 9.70. The number of ketones is 1. The van der Waals surface area contributed by atoms with Crippen LogP contribution in [0, 0.1) is 12.0 Å². The van der Waals surface area contributed by atoms with Crippen LogP contribution in [0.3, 0.4) is 0 Å². The molecular weight excluding hydrogens is 246 g/mol. The molecule has 1 heterocycles. The molecule has 0 aliphatic carbocycles. The van der Waals surface area contributed by atoms with Gasteiger partial charge in [0, 0.05) is 24.7 Å². The van der Waals surface area contributed by atoms with Gasteiger partial charge in [0.05, 0.1) is 0 Å². The fourth-order valence-corrected chi connectivity index (χ4v) is 2.41. The molecule has 0 bridgehead atoms. The van der Waals surface area contributed by atoms with E-state index in [1.165, 1.54) is 24.8 Å². The van der Waals surface area contributed by atoms with Gasteiger partial charge in [0.2, 0.25) is 5.78 Å². The largest absolute Gasteiger partial charge is 0.332 e. The van der Waals surface area contributed by atoms with E-state index >= 15 is 0 Å². The maximum absolute atomic E-state index is 12.0. The second-order valence-corrected chi connectivity index (χ2v) is 5.54. The average molecular weight is 269 g/mol. The average Bonchev–Trinajstić information content (AvgIpc) is 2.53. The van der Waals surface area contributed by atoms with Crippen molar-refractivity contribution < 1.29 is 4.79 Å². The van der Waals surface area contributed by atoms with E-state index in [1.807, 2.05) is 24.3 Å². The lowest BCUT2D eigenvalue weighted by molar-refractivity contribution is 0.105. The molecule has 1 saturated heterocycles. The van der Waals surface area contributed by atoms with Gasteiger partial charge < -0.3 is 4.90 Å². The van der Waals surface area contributed by atoms with Crippen LogP contribution in [0.4, 0.5) is 0 Å². The molecule has 1 fully saturated rings. The van der Waals surface area contributed by atoms with Gasteiger partial charge in [-0.2, -0.15) is 0 Å². The zero-order chi connectivity index (χ0) is 14.4. The molecule has 1 aromatic rings. The van der Waals surface area contributed by atoms with Crippen LogP contribution in [0.15, 0.2) is 24.3 Å². The fourth-order valence-electron chi connectivity index (χ4n) is 2.41. The van der Waals surface area contributed by atoms with Crippen LogP contribution in [0.25, 0.3) is 0 Å². The summed E-state index contributed by atoms with van der Waals surface area (Å²) in [4.78, 5) is 14.1. The second kappa shape index (κ2) is 7.14. The van der Waals surface area contributed by atoms with E-state index in [0.717, 1.165) is 19.5 Å². The summed E-state index contributed by atoms with van der Waals surface area (Å²) >= 11 is 0. The molecule has 0 saturated carbocycles. The Hall–Kier alpha value is -1.75.